The lowest BCUT2D eigenvalue weighted by Crippen LogP contribution is -2.05. The highest BCUT2D eigenvalue weighted by molar-refractivity contribution is 7.99. The maximum absolute atomic E-state index is 5.75. The van der Waals surface area contributed by atoms with Crippen molar-refractivity contribution >= 4 is 17.4 Å². The number of aromatic nitrogens is 2. The van der Waals surface area contributed by atoms with Crippen molar-refractivity contribution < 1.29 is 4.74 Å². The summed E-state index contributed by atoms with van der Waals surface area (Å²) in [5.74, 6) is 0.851. The summed E-state index contributed by atoms with van der Waals surface area (Å²) in [5, 5.41) is 1.000. The van der Waals surface area contributed by atoms with Gasteiger partial charge < -0.3 is 14.9 Å². The minimum absolute atomic E-state index is 0.606. The van der Waals surface area contributed by atoms with Crippen LogP contribution in [0.25, 0.3) is 5.65 Å². The first-order valence-corrected chi connectivity index (χ1v) is 7.61. The topological polar surface area (TPSA) is 52.5 Å². The summed E-state index contributed by atoms with van der Waals surface area (Å²) in [6.07, 6.45) is 2.83. The molecule has 0 bridgehead atoms. The number of fused-ring (bicyclic) bond motifs is 1. The van der Waals surface area contributed by atoms with Crippen LogP contribution in [0.2, 0.25) is 0 Å². The Labute approximate surface area is 127 Å². The second-order valence-electron chi connectivity index (χ2n) is 4.61. The minimum atomic E-state index is 0.606. The summed E-state index contributed by atoms with van der Waals surface area (Å²) in [4.78, 5) is 5.82. The summed E-state index contributed by atoms with van der Waals surface area (Å²) in [5.41, 5.74) is 7.85. The molecule has 4 nitrogen and oxygen atoms in total. The van der Waals surface area contributed by atoms with Crippen molar-refractivity contribution in [1.29, 1.82) is 0 Å². The second-order valence-corrected chi connectivity index (χ2v) is 5.67. The number of methoxy groups -OCH3 is 1. The highest BCUT2D eigenvalue weighted by atomic mass is 32.2. The van der Waals surface area contributed by atoms with Crippen LogP contribution in [0, 0.1) is 0 Å². The van der Waals surface area contributed by atoms with Gasteiger partial charge in [0, 0.05) is 17.5 Å². The fourth-order valence-corrected chi connectivity index (χ4v) is 3.25. The van der Waals surface area contributed by atoms with E-state index in [0.717, 1.165) is 33.4 Å². The Balaban J connectivity index is 2.00. The van der Waals surface area contributed by atoms with Gasteiger partial charge in [0.15, 0.2) is 0 Å². The number of hydrogen-bond donors (Lipinski definition) is 1. The molecule has 2 heterocycles. The number of nitrogens with two attached hydrogens (primary N) is 1. The largest absolute Gasteiger partial charge is 0.497 e. The maximum atomic E-state index is 5.75. The zero-order valence-electron chi connectivity index (χ0n) is 11.8. The molecule has 0 aliphatic rings. The van der Waals surface area contributed by atoms with Crippen LogP contribution in [-0.4, -0.2) is 23.0 Å². The molecule has 0 aliphatic carbocycles. The minimum Gasteiger partial charge on any atom is -0.497 e. The number of imidazole rings is 1. The highest BCUT2D eigenvalue weighted by Gasteiger charge is 2.12. The number of nitrogens with zero attached hydrogens (tertiary/aromatic N) is 2. The first-order chi connectivity index (χ1) is 10.3. The molecule has 0 fully saturated rings. The number of pyridine rings is 1. The Morgan fingerprint density at radius 2 is 2.14 bits per heavy atom. The van der Waals surface area contributed by atoms with Crippen molar-refractivity contribution in [2.75, 3.05) is 13.7 Å². The zero-order chi connectivity index (χ0) is 14.7. The molecule has 21 heavy (non-hydrogen) atoms. The quantitative estimate of drug-likeness (QED) is 0.787. The predicted octanol–water partition coefficient (Wildman–Crippen LogP) is 3.00. The molecule has 0 radical (unpaired) electrons. The van der Waals surface area contributed by atoms with E-state index in [0.29, 0.717) is 6.54 Å². The van der Waals surface area contributed by atoms with Crippen LogP contribution in [0.5, 0.6) is 5.75 Å². The molecule has 3 rings (SSSR count). The monoisotopic (exact) mass is 299 g/mol. The molecule has 0 amide bonds. The molecule has 2 N–H and O–H groups in total. The molecule has 2 aromatic heterocycles. The van der Waals surface area contributed by atoms with Crippen LogP contribution in [0.4, 0.5) is 0 Å². The smallest absolute Gasteiger partial charge is 0.138 e. The predicted molar refractivity (Wildman–Crippen MR) is 85.1 cm³/mol. The van der Waals surface area contributed by atoms with E-state index in [-0.39, 0.29) is 0 Å². The van der Waals surface area contributed by atoms with E-state index in [1.165, 1.54) is 0 Å². The molecule has 0 spiro atoms. The fourth-order valence-electron chi connectivity index (χ4n) is 2.25. The Kier molecular flexibility index (Phi) is 4.13. The Morgan fingerprint density at radius 1 is 1.24 bits per heavy atom. The summed E-state index contributed by atoms with van der Waals surface area (Å²) >= 11 is 1.64. The van der Waals surface area contributed by atoms with Crippen LogP contribution in [-0.2, 0) is 6.42 Å². The zero-order valence-corrected chi connectivity index (χ0v) is 12.6. The molecule has 0 aliphatic heterocycles. The van der Waals surface area contributed by atoms with Gasteiger partial charge in [-0.05, 0) is 36.9 Å². The van der Waals surface area contributed by atoms with Gasteiger partial charge in [0.25, 0.3) is 0 Å². The van der Waals surface area contributed by atoms with E-state index < -0.39 is 0 Å². The highest BCUT2D eigenvalue weighted by Crippen LogP contribution is 2.32. The van der Waals surface area contributed by atoms with Gasteiger partial charge in [0.05, 0.1) is 12.8 Å². The molecule has 5 heteroatoms. The SMILES string of the molecule is COc1cccc(Sc2nc3ccccn3c2CCN)c1. The van der Waals surface area contributed by atoms with Gasteiger partial charge in [0.2, 0.25) is 0 Å². The molecule has 0 saturated carbocycles. The van der Waals surface area contributed by atoms with Crippen molar-refractivity contribution in [2.45, 2.75) is 16.3 Å². The standard InChI is InChI=1S/C16H17N3OS/c1-20-12-5-4-6-13(11-12)21-16-14(8-9-17)19-10-3-2-7-15(19)18-16/h2-7,10-11H,8-9,17H2,1H3. The van der Waals surface area contributed by atoms with E-state index in [4.69, 9.17) is 15.5 Å². The normalized spacial score (nSPS) is 11.0. The average molecular weight is 299 g/mol. The van der Waals surface area contributed by atoms with Crippen LogP contribution in [0.1, 0.15) is 5.69 Å². The molecule has 3 aromatic rings. The molecule has 1 aromatic carbocycles. The molecular formula is C16H17N3OS. The third-order valence-corrected chi connectivity index (χ3v) is 4.24. The van der Waals surface area contributed by atoms with Gasteiger partial charge in [-0.25, -0.2) is 4.98 Å². The van der Waals surface area contributed by atoms with Crippen LogP contribution < -0.4 is 10.5 Å². The van der Waals surface area contributed by atoms with Crippen molar-refractivity contribution in [1.82, 2.24) is 9.38 Å². The lowest BCUT2D eigenvalue weighted by molar-refractivity contribution is 0.413. The summed E-state index contributed by atoms with van der Waals surface area (Å²) < 4.78 is 7.38. The Bertz CT molecular complexity index is 754. The summed E-state index contributed by atoms with van der Waals surface area (Å²) in [6, 6.07) is 14.0. The fraction of sp³-hybridized carbons (Fsp3) is 0.188. The molecule has 0 unspecified atom stereocenters. The van der Waals surface area contributed by atoms with E-state index >= 15 is 0 Å². The van der Waals surface area contributed by atoms with E-state index in [1.807, 2.05) is 42.6 Å². The number of rotatable bonds is 5. The first kappa shape index (κ1) is 14.0. The summed E-state index contributed by atoms with van der Waals surface area (Å²) in [7, 11) is 1.68. The number of ether oxygens (including phenoxy) is 1. The second kappa shape index (κ2) is 6.20. The van der Waals surface area contributed by atoms with E-state index in [9.17, 15) is 0 Å². The van der Waals surface area contributed by atoms with Crippen molar-refractivity contribution in [3.05, 3.63) is 54.4 Å². The van der Waals surface area contributed by atoms with Gasteiger partial charge in [-0.15, -0.1) is 0 Å². The van der Waals surface area contributed by atoms with Gasteiger partial charge >= 0.3 is 0 Å². The third-order valence-electron chi connectivity index (χ3n) is 3.23. The third kappa shape index (κ3) is 2.89. The van der Waals surface area contributed by atoms with Gasteiger partial charge in [0.1, 0.15) is 16.4 Å². The maximum Gasteiger partial charge on any atom is 0.138 e. The van der Waals surface area contributed by atoms with Gasteiger partial charge in [-0.1, -0.05) is 23.9 Å². The summed E-state index contributed by atoms with van der Waals surface area (Å²) in [6.45, 7) is 0.606. The van der Waals surface area contributed by atoms with Crippen molar-refractivity contribution in [3.63, 3.8) is 0 Å². The lowest BCUT2D eigenvalue weighted by atomic mass is 10.3. The van der Waals surface area contributed by atoms with E-state index in [1.54, 1.807) is 18.9 Å². The van der Waals surface area contributed by atoms with Crippen molar-refractivity contribution in [2.24, 2.45) is 5.73 Å². The van der Waals surface area contributed by atoms with Crippen LogP contribution in [0.15, 0.2) is 58.6 Å². The van der Waals surface area contributed by atoms with Crippen molar-refractivity contribution in [3.8, 4) is 5.75 Å². The first-order valence-electron chi connectivity index (χ1n) is 6.80. The van der Waals surface area contributed by atoms with Crippen LogP contribution >= 0.6 is 11.8 Å². The molecule has 0 atom stereocenters. The Morgan fingerprint density at radius 3 is 2.95 bits per heavy atom. The molecule has 108 valence electrons. The van der Waals surface area contributed by atoms with Gasteiger partial charge in [-0.3, -0.25) is 0 Å². The van der Waals surface area contributed by atoms with Crippen LogP contribution in [0.3, 0.4) is 0 Å². The number of benzene rings is 1. The average Bonchev–Trinajstić information content (AvgIpc) is 2.86. The lowest BCUT2D eigenvalue weighted by Gasteiger charge is -2.05. The molecular weight excluding hydrogens is 282 g/mol. The Hall–Kier alpha value is -1.98. The molecule has 0 saturated heterocycles. The van der Waals surface area contributed by atoms with Gasteiger partial charge in [-0.2, -0.15) is 0 Å². The number of hydrogen-bond acceptors (Lipinski definition) is 4. The van der Waals surface area contributed by atoms with E-state index in [2.05, 4.69) is 10.5 Å².